The van der Waals surface area contributed by atoms with Crippen molar-refractivity contribution in [2.24, 2.45) is 0 Å². The summed E-state index contributed by atoms with van der Waals surface area (Å²) in [6.07, 6.45) is 0. The highest BCUT2D eigenvalue weighted by Gasteiger charge is 2.32. The van der Waals surface area contributed by atoms with Crippen LogP contribution in [0.15, 0.2) is 0 Å². The molecule has 11 heteroatoms. The molecule has 13 heavy (non-hydrogen) atoms. The molecule has 0 rings (SSSR count). The van der Waals surface area contributed by atoms with E-state index >= 15 is 0 Å². The molecule has 0 atom stereocenters. The van der Waals surface area contributed by atoms with Crippen molar-refractivity contribution < 1.29 is 36.5 Å². The number of rotatable bonds is 0. The second-order valence-electron chi connectivity index (χ2n) is 0.862. The highest BCUT2D eigenvalue weighted by molar-refractivity contribution is 6.76. The van der Waals surface area contributed by atoms with E-state index in [1.807, 2.05) is 0 Å². The van der Waals surface area contributed by atoms with Crippen molar-refractivity contribution in [3.8, 4) is 0 Å². The van der Waals surface area contributed by atoms with Crippen LogP contribution in [0.4, 0.5) is 0 Å². The van der Waals surface area contributed by atoms with Crippen LogP contribution in [0, 0.1) is 0 Å². The summed E-state index contributed by atoms with van der Waals surface area (Å²) in [5.74, 6) is -1.11. The van der Waals surface area contributed by atoms with Gasteiger partial charge in [0.15, 0.2) is 0 Å². The van der Waals surface area contributed by atoms with E-state index in [1.54, 1.807) is 0 Å². The SMILES string of the molecule is O.O.O.O.O.O=C(OCl)C(Cl)(Cl)Cl. The molecule has 0 aliphatic heterocycles. The summed E-state index contributed by atoms with van der Waals surface area (Å²) in [4.78, 5) is 10.1. The van der Waals surface area contributed by atoms with E-state index in [-0.39, 0.29) is 27.4 Å². The minimum Gasteiger partial charge on any atom is -0.412 e. The van der Waals surface area contributed by atoms with E-state index in [2.05, 4.69) is 16.2 Å². The standard InChI is InChI=1S/C2Cl4O2.5H2O/c3-2(4,5)1(7)8-6;;;;;/h;5*1H2. The molecule has 0 saturated carbocycles. The molecule has 0 aromatic carbocycles. The third kappa shape index (κ3) is 19.0. The summed E-state index contributed by atoms with van der Waals surface area (Å²) < 4.78 is 1.48. The summed E-state index contributed by atoms with van der Waals surface area (Å²) in [6.45, 7) is 0. The van der Waals surface area contributed by atoms with Crippen LogP contribution in [-0.2, 0) is 9.08 Å². The lowest BCUT2D eigenvalue weighted by Crippen LogP contribution is -2.17. The Morgan fingerprint density at radius 2 is 1.15 bits per heavy atom. The summed E-state index contributed by atoms with van der Waals surface area (Å²) in [5.41, 5.74) is 0. The first-order valence-electron chi connectivity index (χ1n) is 1.38. The maximum Gasteiger partial charge on any atom is 0.376 e. The Morgan fingerprint density at radius 3 is 1.15 bits per heavy atom. The molecule has 0 aliphatic rings. The Labute approximate surface area is 93.2 Å². The second kappa shape index (κ2) is 14.9. The topological polar surface area (TPSA) is 184 Å². The normalized spacial score (nSPS) is 6.77. The number of carbonyl (C=O) groups excluding carboxylic acids is 1. The molecule has 0 aromatic heterocycles. The van der Waals surface area contributed by atoms with Gasteiger partial charge in [0.1, 0.15) is 11.9 Å². The predicted molar refractivity (Wildman–Crippen MR) is 50.3 cm³/mol. The zero-order valence-electron chi connectivity index (χ0n) is 5.83. The Bertz CT molecular complexity index is 101. The smallest absolute Gasteiger partial charge is 0.376 e. The monoisotopic (exact) mass is 286 g/mol. The van der Waals surface area contributed by atoms with Crippen molar-refractivity contribution in [2.45, 2.75) is 3.79 Å². The number of hydrogen-bond acceptors (Lipinski definition) is 2. The average Bonchev–Trinajstić information content (AvgIpc) is 1.62. The van der Waals surface area contributed by atoms with Gasteiger partial charge in [-0.05, 0) is 0 Å². The molecule has 0 heterocycles. The largest absolute Gasteiger partial charge is 0.412 e. The number of halogens is 4. The highest BCUT2D eigenvalue weighted by atomic mass is 35.6. The van der Waals surface area contributed by atoms with Crippen LogP contribution in [0.25, 0.3) is 0 Å². The minimum atomic E-state index is -2.07. The molecular formula is C2H10Cl4O7. The lowest BCUT2D eigenvalue weighted by atomic mass is 10.8. The number of alkyl halides is 3. The molecule has 0 unspecified atom stereocenters. The molecule has 0 spiro atoms. The van der Waals surface area contributed by atoms with Gasteiger partial charge in [-0.2, -0.15) is 0 Å². The lowest BCUT2D eigenvalue weighted by molar-refractivity contribution is -0.132. The van der Waals surface area contributed by atoms with E-state index in [9.17, 15) is 4.79 Å². The fraction of sp³-hybridized carbons (Fsp3) is 0.500. The molecule has 0 aromatic rings. The van der Waals surface area contributed by atoms with Crippen molar-refractivity contribution in [1.82, 2.24) is 0 Å². The van der Waals surface area contributed by atoms with Gasteiger partial charge < -0.3 is 31.7 Å². The van der Waals surface area contributed by atoms with E-state index in [0.29, 0.717) is 0 Å². The van der Waals surface area contributed by atoms with Crippen molar-refractivity contribution in [1.29, 1.82) is 0 Å². The third-order valence-corrected chi connectivity index (χ3v) is 0.905. The Kier molecular flexibility index (Phi) is 43.2. The number of carbonyl (C=O) groups is 1. The van der Waals surface area contributed by atoms with Gasteiger partial charge in [-0.25, -0.2) is 4.79 Å². The van der Waals surface area contributed by atoms with Crippen LogP contribution in [-0.4, -0.2) is 37.1 Å². The quantitative estimate of drug-likeness (QED) is 0.464. The number of hydrogen-bond donors (Lipinski definition) is 0. The first-order chi connectivity index (χ1) is 3.48. The minimum absolute atomic E-state index is 0. The third-order valence-electron chi connectivity index (χ3n) is 0.302. The Hall–Kier alpha value is 0.430. The van der Waals surface area contributed by atoms with Crippen LogP contribution >= 0.6 is 46.7 Å². The molecule has 0 amide bonds. The summed E-state index contributed by atoms with van der Waals surface area (Å²) in [6, 6.07) is 0. The maximum absolute atomic E-state index is 10.1. The van der Waals surface area contributed by atoms with Crippen LogP contribution in [0.3, 0.4) is 0 Å². The molecule has 0 radical (unpaired) electrons. The van der Waals surface area contributed by atoms with Gasteiger partial charge >= 0.3 is 5.97 Å². The molecule has 0 bridgehead atoms. The Morgan fingerprint density at radius 1 is 0.923 bits per heavy atom. The summed E-state index contributed by atoms with van der Waals surface area (Å²) in [5, 5.41) is 0. The fourth-order valence-corrected chi connectivity index (χ4v) is 0.394. The molecule has 10 N–H and O–H groups in total. The van der Waals surface area contributed by atoms with Crippen molar-refractivity contribution >= 4 is 52.6 Å². The van der Waals surface area contributed by atoms with Gasteiger partial charge in [0, 0.05) is 0 Å². The molecule has 88 valence electrons. The maximum atomic E-state index is 10.1. The summed E-state index contributed by atoms with van der Waals surface area (Å²) in [7, 11) is 0. The first kappa shape index (κ1) is 37.6. The molecule has 0 saturated heterocycles. The van der Waals surface area contributed by atoms with E-state index in [1.165, 1.54) is 0 Å². The van der Waals surface area contributed by atoms with Crippen LogP contribution in [0.1, 0.15) is 0 Å². The van der Waals surface area contributed by atoms with Crippen molar-refractivity contribution in [2.75, 3.05) is 0 Å². The average molecular weight is 288 g/mol. The van der Waals surface area contributed by atoms with E-state index < -0.39 is 9.76 Å². The fourth-order valence-electron chi connectivity index (χ4n) is 0.0437. The summed E-state index contributed by atoms with van der Waals surface area (Å²) >= 11 is 19.4. The van der Waals surface area contributed by atoms with Gasteiger partial charge in [0.05, 0.1) is 0 Å². The van der Waals surface area contributed by atoms with Crippen molar-refractivity contribution in [3.05, 3.63) is 0 Å². The van der Waals surface area contributed by atoms with Gasteiger partial charge in [0.2, 0.25) is 0 Å². The molecule has 0 aliphatic carbocycles. The Balaban J connectivity index is -0.0000000245. The zero-order valence-corrected chi connectivity index (χ0v) is 8.85. The van der Waals surface area contributed by atoms with Gasteiger partial charge in [-0.15, -0.1) is 0 Å². The van der Waals surface area contributed by atoms with Crippen LogP contribution in [0.2, 0.25) is 0 Å². The second-order valence-corrected chi connectivity index (χ2v) is 3.30. The molecule has 7 nitrogen and oxygen atoms in total. The highest BCUT2D eigenvalue weighted by Crippen LogP contribution is 2.27. The van der Waals surface area contributed by atoms with Gasteiger partial charge in [-0.3, -0.25) is 0 Å². The zero-order chi connectivity index (χ0) is 6.78. The predicted octanol–water partition coefficient (Wildman–Crippen LogP) is -2.07. The molecule has 0 fully saturated rings. The van der Waals surface area contributed by atoms with E-state index in [0.717, 1.165) is 0 Å². The first-order valence-corrected chi connectivity index (χ1v) is 2.82. The van der Waals surface area contributed by atoms with Gasteiger partial charge in [-0.1, -0.05) is 34.8 Å². The van der Waals surface area contributed by atoms with Gasteiger partial charge in [0.25, 0.3) is 3.79 Å². The molecular weight excluding hydrogens is 278 g/mol. The van der Waals surface area contributed by atoms with E-state index in [4.69, 9.17) is 34.8 Å². The van der Waals surface area contributed by atoms with Crippen LogP contribution < -0.4 is 0 Å². The van der Waals surface area contributed by atoms with Crippen LogP contribution in [0.5, 0.6) is 0 Å². The van der Waals surface area contributed by atoms with Crippen molar-refractivity contribution in [3.63, 3.8) is 0 Å². The lowest BCUT2D eigenvalue weighted by Gasteiger charge is -2.02.